The number of halogens is 1. The first kappa shape index (κ1) is 17.4. The molecule has 0 aromatic heterocycles. The molecule has 20 heavy (non-hydrogen) atoms. The van der Waals surface area contributed by atoms with Gasteiger partial charge in [0.2, 0.25) is 0 Å². The van der Waals surface area contributed by atoms with Crippen LogP contribution in [-0.2, 0) is 11.3 Å². The van der Waals surface area contributed by atoms with E-state index in [1.165, 1.54) is 0 Å². The van der Waals surface area contributed by atoms with E-state index in [9.17, 15) is 5.11 Å². The molecule has 4 nitrogen and oxygen atoms in total. The Morgan fingerprint density at radius 2 is 2.00 bits per heavy atom. The average Bonchev–Trinajstić information content (AvgIpc) is 2.34. The van der Waals surface area contributed by atoms with Gasteiger partial charge in [-0.2, -0.15) is 0 Å². The first-order valence-corrected chi connectivity index (χ1v) is 7.44. The van der Waals surface area contributed by atoms with Crippen molar-refractivity contribution in [3.8, 4) is 5.75 Å². The molecule has 114 valence electrons. The second kappa shape index (κ2) is 7.98. The fourth-order valence-electron chi connectivity index (χ4n) is 1.61. The summed E-state index contributed by atoms with van der Waals surface area (Å²) in [5.74, 6) is 0.778. The van der Waals surface area contributed by atoms with Crippen LogP contribution in [0.2, 0.25) is 0 Å². The van der Waals surface area contributed by atoms with Crippen molar-refractivity contribution < 1.29 is 14.6 Å². The van der Waals surface area contributed by atoms with Crippen molar-refractivity contribution in [2.75, 3.05) is 20.3 Å². The maximum absolute atomic E-state index is 9.64. The molecule has 0 aliphatic carbocycles. The van der Waals surface area contributed by atoms with E-state index in [1.807, 2.05) is 18.2 Å². The molecule has 0 radical (unpaired) electrons. The molecule has 1 atom stereocenters. The van der Waals surface area contributed by atoms with Crippen LogP contribution in [-0.4, -0.2) is 37.1 Å². The average molecular weight is 346 g/mol. The number of hydrogen-bond acceptors (Lipinski definition) is 4. The lowest BCUT2D eigenvalue weighted by Crippen LogP contribution is -2.35. The second-order valence-corrected chi connectivity index (χ2v) is 6.69. The maximum atomic E-state index is 9.64. The van der Waals surface area contributed by atoms with Crippen LogP contribution in [0.5, 0.6) is 5.75 Å². The Morgan fingerprint density at radius 3 is 2.60 bits per heavy atom. The quantitative estimate of drug-likeness (QED) is 0.797. The van der Waals surface area contributed by atoms with Crippen molar-refractivity contribution in [3.05, 3.63) is 28.2 Å². The van der Waals surface area contributed by atoms with Gasteiger partial charge in [0.05, 0.1) is 6.61 Å². The van der Waals surface area contributed by atoms with Gasteiger partial charge >= 0.3 is 0 Å². The molecule has 2 N–H and O–H groups in total. The van der Waals surface area contributed by atoms with Gasteiger partial charge in [-0.25, -0.2) is 0 Å². The Bertz CT molecular complexity index is 418. The summed E-state index contributed by atoms with van der Waals surface area (Å²) in [6, 6.07) is 5.86. The predicted octanol–water partition coefficient (Wildman–Crippen LogP) is 2.72. The molecule has 0 fully saturated rings. The van der Waals surface area contributed by atoms with E-state index in [4.69, 9.17) is 9.47 Å². The number of methoxy groups -OCH3 is 1. The fraction of sp³-hybridized carbons (Fsp3) is 0.600. The Labute approximate surface area is 129 Å². The molecule has 0 amide bonds. The molecular formula is C15H24BrNO3. The van der Waals surface area contributed by atoms with E-state index in [1.54, 1.807) is 7.11 Å². The van der Waals surface area contributed by atoms with E-state index in [-0.39, 0.29) is 18.8 Å². The van der Waals surface area contributed by atoms with Crippen molar-refractivity contribution in [1.29, 1.82) is 0 Å². The normalized spacial score (nSPS) is 13.3. The number of nitrogens with one attached hydrogen (secondary N) is 1. The minimum absolute atomic E-state index is 0.0369. The van der Waals surface area contributed by atoms with Crippen molar-refractivity contribution >= 4 is 15.9 Å². The van der Waals surface area contributed by atoms with E-state index in [2.05, 4.69) is 42.0 Å². The third-order valence-electron chi connectivity index (χ3n) is 2.62. The summed E-state index contributed by atoms with van der Waals surface area (Å²) in [5.41, 5.74) is 1.09. The second-order valence-electron chi connectivity index (χ2n) is 5.78. The van der Waals surface area contributed by atoms with Crippen LogP contribution in [0.4, 0.5) is 0 Å². The van der Waals surface area contributed by atoms with Gasteiger partial charge in [0.25, 0.3) is 0 Å². The van der Waals surface area contributed by atoms with Gasteiger partial charge in [-0.3, -0.25) is 0 Å². The highest BCUT2D eigenvalue weighted by atomic mass is 79.9. The molecule has 1 aromatic carbocycles. The minimum atomic E-state index is -0.618. The Hall–Kier alpha value is -0.620. The van der Waals surface area contributed by atoms with E-state index < -0.39 is 6.10 Å². The van der Waals surface area contributed by atoms with Gasteiger partial charge in [-0.15, -0.1) is 0 Å². The molecule has 0 saturated carbocycles. The van der Waals surface area contributed by atoms with Crippen LogP contribution in [0.1, 0.15) is 26.3 Å². The first-order chi connectivity index (χ1) is 9.31. The van der Waals surface area contributed by atoms with Crippen LogP contribution >= 0.6 is 15.9 Å². The summed E-state index contributed by atoms with van der Waals surface area (Å²) in [6.45, 7) is 7.55. The molecular weight excluding hydrogens is 322 g/mol. The van der Waals surface area contributed by atoms with Crippen LogP contribution in [0, 0.1) is 0 Å². The zero-order valence-corrected chi connectivity index (χ0v) is 14.2. The zero-order valence-electron chi connectivity index (χ0n) is 12.6. The molecule has 1 rings (SSSR count). The third kappa shape index (κ3) is 6.70. The lowest BCUT2D eigenvalue weighted by molar-refractivity contribution is 0.0323. The molecule has 5 heteroatoms. The van der Waals surface area contributed by atoms with E-state index in [0.29, 0.717) is 6.54 Å². The van der Waals surface area contributed by atoms with E-state index >= 15 is 0 Å². The Kier molecular flexibility index (Phi) is 6.95. The molecule has 1 aromatic rings. The standard InChI is InChI=1S/C15H24BrNO3/c1-15(2,3)17-8-11-7-12(16)5-6-14(11)20-10-13(18)9-19-4/h5-7,13,17-18H,8-10H2,1-4H3. The van der Waals surface area contributed by atoms with Crippen LogP contribution in [0.3, 0.4) is 0 Å². The predicted molar refractivity (Wildman–Crippen MR) is 84.1 cm³/mol. The SMILES string of the molecule is COCC(O)COc1ccc(Br)cc1CNC(C)(C)C. The summed E-state index contributed by atoms with van der Waals surface area (Å²) < 4.78 is 11.6. The lowest BCUT2D eigenvalue weighted by Gasteiger charge is -2.22. The van der Waals surface area contributed by atoms with E-state index in [0.717, 1.165) is 15.8 Å². The number of rotatable bonds is 7. The van der Waals surface area contributed by atoms with Gasteiger partial charge < -0.3 is 19.9 Å². The topological polar surface area (TPSA) is 50.7 Å². The van der Waals surface area contributed by atoms with Crippen LogP contribution in [0.25, 0.3) is 0 Å². The highest BCUT2D eigenvalue weighted by Gasteiger charge is 2.12. The number of ether oxygens (including phenoxy) is 2. The van der Waals surface area contributed by atoms with Crippen molar-refractivity contribution in [3.63, 3.8) is 0 Å². The van der Waals surface area contributed by atoms with Crippen LogP contribution in [0.15, 0.2) is 22.7 Å². The molecule has 0 heterocycles. The molecule has 0 spiro atoms. The van der Waals surface area contributed by atoms with Gasteiger partial charge in [-0.1, -0.05) is 15.9 Å². The Balaban J connectivity index is 2.69. The molecule has 0 aliphatic rings. The van der Waals surface area contributed by atoms with Gasteiger partial charge in [0, 0.05) is 29.2 Å². The zero-order chi connectivity index (χ0) is 15.2. The number of hydrogen-bond donors (Lipinski definition) is 2. The highest BCUT2D eigenvalue weighted by Crippen LogP contribution is 2.24. The fourth-order valence-corrected chi connectivity index (χ4v) is 2.02. The lowest BCUT2D eigenvalue weighted by atomic mass is 10.1. The Morgan fingerprint density at radius 1 is 1.30 bits per heavy atom. The highest BCUT2D eigenvalue weighted by molar-refractivity contribution is 9.10. The van der Waals surface area contributed by atoms with Crippen molar-refractivity contribution in [2.45, 2.75) is 39.0 Å². The molecule has 0 saturated heterocycles. The minimum Gasteiger partial charge on any atom is -0.490 e. The monoisotopic (exact) mass is 345 g/mol. The summed E-state index contributed by atoms with van der Waals surface area (Å²) in [4.78, 5) is 0. The summed E-state index contributed by atoms with van der Waals surface area (Å²) in [6.07, 6.45) is -0.618. The van der Waals surface area contributed by atoms with Crippen molar-refractivity contribution in [2.24, 2.45) is 0 Å². The number of aliphatic hydroxyl groups excluding tert-OH is 1. The summed E-state index contributed by atoms with van der Waals surface area (Å²) in [7, 11) is 1.56. The summed E-state index contributed by atoms with van der Waals surface area (Å²) >= 11 is 3.47. The molecule has 1 unspecified atom stereocenters. The van der Waals surface area contributed by atoms with Crippen molar-refractivity contribution in [1.82, 2.24) is 5.32 Å². The smallest absolute Gasteiger partial charge is 0.124 e. The largest absolute Gasteiger partial charge is 0.490 e. The van der Waals surface area contributed by atoms with Gasteiger partial charge in [0.15, 0.2) is 0 Å². The molecule has 0 aliphatic heterocycles. The van der Waals surface area contributed by atoms with Gasteiger partial charge in [0.1, 0.15) is 18.5 Å². The number of aliphatic hydroxyl groups is 1. The number of benzene rings is 1. The summed E-state index contributed by atoms with van der Waals surface area (Å²) in [5, 5.41) is 13.1. The first-order valence-electron chi connectivity index (χ1n) is 6.65. The third-order valence-corrected chi connectivity index (χ3v) is 3.12. The van der Waals surface area contributed by atoms with Crippen LogP contribution < -0.4 is 10.1 Å². The maximum Gasteiger partial charge on any atom is 0.124 e. The molecule has 0 bridgehead atoms. The van der Waals surface area contributed by atoms with Gasteiger partial charge in [-0.05, 0) is 39.0 Å².